The van der Waals surface area contributed by atoms with Gasteiger partial charge in [-0.15, -0.1) is 0 Å². The number of hydrogen-bond acceptors (Lipinski definition) is 9. The Morgan fingerprint density at radius 2 is 0.315 bits per heavy atom. The molecular formula is C125H234O9Si9. The summed E-state index contributed by atoms with van der Waals surface area (Å²) >= 11 is 0. The molecule has 0 atom stereocenters. The van der Waals surface area contributed by atoms with E-state index in [1.165, 1.54) is 208 Å². The van der Waals surface area contributed by atoms with Crippen molar-refractivity contribution in [3.63, 3.8) is 0 Å². The Labute approximate surface area is 916 Å². The Balaban J connectivity index is -0.000000169. The molecule has 4 aliphatic carbocycles. The van der Waals surface area contributed by atoms with Gasteiger partial charge in [0, 0.05) is 0 Å². The van der Waals surface area contributed by atoms with Crippen molar-refractivity contribution in [3.8, 4) is 51.7 Å². The Kier molecular flexibility index (Phi) is 115. The molecule has 0 aromatic heterocycles. The molecule has 0 spiro atoms. The van der Waals surface area contributed by atoms with Gasteiger partial charge in [-0.05, 0) is 434 Å². The highest BCUT2D eigenvalue weighted by atomic mass is 28.2. The standard InChI is InChI=1S/2C13H18O.2C12H16O.2C12H18O.2C11H16O.C10H14O.5C2H6.9CH6Si/c2*1-13(10-6-3-7-11-13)14-12-8-4-2-5-9-12;2*1-12(9-5-6-10-12)13-11-7-3-2-4-8-11;2*1-4-10-12(2,3)13-11-8-6-5-7-9-11;2*1-4-11(2,3)12-10-8-6-5-7-9-10;1-10(2,3)11-9-7-5-4-6-8-9;14*1-2/h2*2,4-5,8-9H,3,6-7,10-11H2,1H3;2*2-4,7-8H,5-6,9-10H2,1H3;2*5-9H,4,10H2,1-3H3;2*5-9H,4H2,1-3H3;4-8H,1-3H3;14*1-2H3. The van der Waals surface area contributed by atoms with Gasteiger partial charge in [0.2, 0.25) is 0 Å². The summed E-state index contributed by atoms with van der Waals surface area (Å²) in [7, 11) is 11.8. The molecule has 4 saturated carbocycles. The van der Waals surface area contributed by atoms with Crippen LogP contribution in [-0.4, -0.2) is 143 Å². The molecule has 0 unspecified atom stereocenters. The van der Waals surface area contributed by atoms with E-state index in [0.29, 0.717) is 0 Å². The second-order valence-electron chi connectivity index (χ2n) is 35.4. The summed E-state index contributed by atoms with van der Waals surface area (Å²) in [6.45, 7) is 79.8. The van der Waals surface area contributed by atoms with Crippen molar-refractivity contribution in [1.29, 1.82) is 0 Å². The summed E-state index contributed by atoms with van der Waals surface area (Å²) in [5.41, 5.74) is 0.0676. The SMILES string of the molecule is CC.CC.CC.CC.CC.CC(C)(C)Oc1ccccc1.CC1(Oc2ccccc2)CCCC1.CC1(Oc2ccccc2)CCCC1.CC1(Oc2ccccc2)CCCCC1.CC1(Oc2ccccc2)CCCCC1.CCC(C)(C)Oc1ccccc1.CCC(C)(C)Oc1ccccc1.CCCC(C)(C)Oc1ccccc1.CCCC(C)(C)Oc1ccccc1.C[SiH3].C[SiH3].C[SiH3].C[SiH3].C[SiH3].C[SiH3].C[SiH3].C[SiH3].C[SiH3]. The Bertz CT molecular complexity index is 3640. The topological polar surface area (TPSA) is 83.1 Å². The number of rotatable bonds is 23. The van der Waals surface area contributed by atoms with Gasteiger partial charge in [-0.3, -0.25) is 0 Å². The first-order chi connectivity index (χ1) is 68.8. The second-order valence-corrected chi connectivity index (χ2v) is 35.4. The van der Waals surface area contributed by atoms with E-state index in [0.717, 1.165) is 90.3 Å². The van der Waals surface area contributed by atoms with Gasteiger partial charge in [0.15, 0.2) is 0 Å². The molecule has 9 aromatic carbocycles. The Morgan fingerprint density at radius 1 is 0.189 bits per heavy atom. The average molecular weight is 2130 g/mol. The maximum atomic E-state index is 6.04. The van der Waals surface area contributed by atoms with Crippen LogP contribution in [0.2, 0.25) is 58.9 Å². The zero-order chi connectivity index (χ0) is 112. The zero-order valence-corrected chi connectivity index (χ0v) is 121. The summed E-state index contributed by atoms with van der Waals surface area (Å²) in [6, 6.07) is 90.3. The molecule has 0 amide bonds. The van der Waals surface area contributed by atoms with Crippen molar-refractivity contribution in [1.82, 2.24) is 0 Å². The fourth-order valence-corrected chi connectivity index (χ4v) is 13.9. The Morgan fingerprint density at radius 3 is 0.448 bits per heavy atom. The Hall–Kier alpha value is -6.87. The molecule has 824 valence electrons. The minimum atomic E-state index is -0.0959. The molecule has 9 nitrogen and oxygen atoms in total. The second kappa shape index (κ2) is 105. The van der Waals surface area contributed by atoms with Crippen LogP contribution in [0.1, 0.15) is 355 Å². The third-order valence-electron chi connectivity index (χ3n) is 20.7. The van der Waals surface area contributed by atoms with Crippen LogP contribution >= 0.6 is 0 Å². The number of para-hydroxylation sites is 9. The van der Waals surface area contributed by atoms with Crippen molar-refractivity contribution in [2.24, 2.45) is 0 Å². The van der Waals surface area contributed by atoms with Gasteiger partial charge in [0.1, 0.15) is 102 Å². The van der Waals surface area contributed by atoms with Gasteiger partial charge in [-0.25, -0.2) is 0 Å². The van der Waals surface area contributed by atoms with E-state index in [-0.39, 0.29) is 50.4 Å². The first kappa shape index (κ1) is 156. The van der Waals surface area contributed by atoms with Gasteiger partial charge in [0.25, 0.3) is 0 Å². The molecule has 0 aliphatic heterocycles. The minimum Gasteiger partial charge on any atom is -0.488 e. The zero-order valence-electron chi connectivity index (χ0n) is 103. The monoisotopic (exact) mass is 2130 g/mol. The van der Waals surface area contributed by atoms with Crippen molar-refractivity contribution in [2.75, 3.05) is 0 Å². The third-order valence-corrected chi connectivity index (χ3v) is 20.7. The fraction of sp³-hybridized carbons (Fsp3) is 0.568. The largest absolute Gasteiger partial charge is 0.488 e. The summed E-state index contributed by atoms with van der Waals surface area (Å²) in [4.78, 5) is 0. The van der Waals surface area contributed by atoms with E-state index in [9.17, 15) is 0 Å². The van der Waals surface area contributed by atoms with Gasteiger partial charge < -0.3 is 42.6 Å². The lowest BCUT2D eigenvalue weighted by Gasteiger charge is -2.34. The smallest absolute Gasteiger partial charge is 0.120 e. The average Bonchev–Trinajstić information content (AvgIpc) is 1.78. The molecule has 0 N–H and O–H groups in total. The molecule has 18 heteroatoms. The third kappa shape index (κ3) is 91.1. The molecule has 4 fully saturated rings. The lowest BCUT2D eigenvalue weighted by Crippen LogP contribution is -2.34. The van der Waals surface area contributed by atoms with Crippen molar-refractivity contribution in [2.45, 2.75) is 464 Å². The number of ether oxygens (including phenoxy) is 9. The van der Waals surface area contributed by atoms with Gasteiger partial charge in [-0.2, -0.15) is 0 Å². The fourth-order valence-electron chi connectivity index (χ4n) is 13.9. The van der Waals surface area contributed by atoms with Gasteiger partial charge in [0.05, 0.1) is 0 Å². The molecular weight excluding hydrogens is 1900 g/mol. The normalized spacial score (nSPS) is 13.2. The van der Waals surface area contributed by atoms with E-state index in [4.69, 9.17) is 42.6 Å². The maximum absolute atomic E-state index is 6.04. The summed E-state index contributed by atoms with van der Waals surface area (Å²) in [6.07, 6.45) is 29.3. The first-order valence-corrected chi connectivity index (χ1v) is 75.4. The van der Waals surface area contributed by atoms with Crippen molar-refractivity contribution >= 4 is 92.2 Å². The van der Waals surface area contributed by atoms with Crippen LogP contribution in [0.5, 0.6) is 51.7 Å². The predicted molar refractivity (Wildman–Crippen MR) is 686 cm³/mol. The van der Waals surface area contributed by atoms with Crippen molar-refractivity contribution < 1.29 is 42.6 Å². The van der Waals surface area contributed by atoms with Crippen LogP contribution in [-0.2, 0) is 0 Å². The van der Waals surface area contributed by atoms with E-state index in [1.54, 1.807) is 0 Å². The molecule has 9 aromatic rings. The van der Waals surface area contributed by atoms with E-state index in [2.05, 4.69) is 170 Å². The van der Waals surface area contributed by atoms with Gasteiger partial charge in [-0.1, -0.05) is 345 Å². The molecule has 0 bridgehead atoms. The lowest BCUT2D eigenvalue weighted by molar-refractivity contribution is 0.0484. The quantitative estimate of drug-likeness (QED) is 0.0582. The van der Waals surface area contributed by atoms with Crippen LogP contribution < -0.4 is 42.6 Å². The van der Waals surface area contributed by atoms with Crippen LogP contribution in [0.15, 0.2) is 273 Å². The van der Waals surface area contributed by atoms with Crippen LogP contribution in [0.4, 0.5) is 0 Å². The number of hydrogen-bond donors (Lipinski definition) is 0. The summed E-state index contributed by atoms with van der Waals surface area (Å²) < 4.78 is 52.8. The van der Waals surface area contributed by atoms with Crippen molar-refractivity contribution in [3.05, 3.63) is 273 Å². The molecule has 4 aliphatic rings. The van der Waals surface area contributed by atoms with E-state index >= 15 is 0 Å². The summed E-state index contributed by atoms with van der Waals surface area (Å²) in [5.74, 6) is 8.78. The van der Waals surface area contributed by atoms with Crippen LogP contribution in [0.3, 0.4) is 0 Å². The molecule has 0 saturated heterocycles. The van der Waals surface area contributed by atoms with Gasteiger partial charge >= 0.3 is 0 Å². The molecule has 0 radical (unpaired) electrons. The number of benzene rings is 9. The van der Waals surface area contributed by atoms with E-state index < -0.39 is 0 Å². The molecule has 143 heavy (non-hydrogen) atoms. The van der Waals surface area contributed by atoms with Crippen LogP contribution in [0.25, 0.3) is 0 Å². The molecule has 13 rings (SSSR count). The highest BCUT2D eigenvalue weighted by molar-refractivity contribution is 6.07. The highest BCUT2D eigenvalue weighted by Crippen LogP contribution is 2.37. The minimum absolute atomic E-state index is 0.0455. The first-order valence-electron chi connectivity index (χ1n) is 57.4. The van der Waals surface area contributed by atoms with E-state index in [1.807, 2.05) is 363 Å². The maximum Gasteiger partial charge on any atom is 0.120 e. The highest BCUT2D eigenvalue weighted by Gasteiger charge is 2.33. The summed E-state index contributed by atoms with van der Waals surface area (Å²) in [5, 5.41) is 0. The molecule has 0 heterocycles. The van der Waals surface area contributed by atoms with Crippen LogP contribution in [0, 0.1) is 0 Å². The lowest BCUT2D eigenvalue weighted by atomic mass is 9.86. The predicted octanol–water partition coefficient (Wildman–Crippen LogP) is 30.8.